The van der Waals surface area contributed by atoms with Gasteiger partial charge in [-0.15, -0.1) is 0 Å². The van der Waals surface area contributed by atoms with Crippen molar-refractivity contribution in [2.75, 3.05) is 25.5 Å². The molecule has 4 heteroatoms. The minimum atomic E-state index is 0.562. The van der Waals surface area contributed by atoms with E-state index in [2.05, 4.69) is 59.0 Å². The summed E-state index contributed by atoms with van der Waals surface area (Å²) in [5.74, 6) is 0.908. The average Bonchev–Trinajstić information content (AvgIpc) is 2.80. The van der Waals surface area contributed by atoms with Crippen LogP contribution in [0.5, 0.6) is 0 Å². The lowest BCUT2D eigenvalue weighted by Gasteiger charge is -2.21. The van der Waals surface area contributed by atoms with Crippen molar-refractivity contribution in [1.82, 2.24) is 14.5 Å². The quantitative estimate of drug-likeness (QED) is 0.877. The Kier molecular flexibility index (Phi) is 4.79. The number of benzene rings is 1. The molecular weight excluding hydrogens is 248 g/mol. The van der Waals surface area contributed by atoms with Crippen LogP contribution in [0, 0.1) is 6.92 Å². The van der Waals surface area contributed by atoms with Gasteiger partial charge in [0, 0.05) is 31.0 Å². The van der Waals surface area contributed by atoms with Crippen molar-refractivity contribution in [2.45, 2.75) is 26.8 Å². The zero-order chi connectivity index (χ0) is 14.5. The van der Waals surface area contributed by atoms with Gasteiger partial charge in [0.15, 0.2) is 0 Å². The first kappa shape index (κ1) is 14.6. The second-order valence-electron chi connectivity index (χ2n) is 5.41. The number of rotatable bonds is 6. The molecule has 0 bridgehead atoms. The minimum absolute atomic E-state index is 0.562. The average molecular weight is 272 g/mol. The van der Waals surface area contributed by atoms with Crippen molar-refractivity contribution < 1.29 is 0 Å². The smallest absolute Gasteiger partial charge is 0.207 e. The number of anilines is 1. The molecule has 0 fully saturated rings. The maximum absolute atomic E-state index is 4.56. The summed E-state index contributed by atoms with van der Waals surface area (Å²) in [6, 6.07) is 10.9. The Morgan fingerprint density at radius 2 is 1.95 bits per heavy atom. The van der Waals surface area contributed by atoms with E-state index in [0.717, 1.165) is 30.4 Å². The predicted octanol–water partition coefficient (Wildman–Crippen LogP) is 2.93. The fourth-order valence-corrected chi connectivity index (χ4v) is 2.01. The number of nitrogens with one attached hydrogen (secondary N) is 1. The summed E-state index contributed by atoms with van der Waals surface area (Å²) < 4.78 is 2.10. The minimum Gasteiger partial charge on any atom is -0.354 e. The van der Waals surface area contributed by atoms with E-state index in [0.29, 0.717) is 6.04 Å². The van der Waals surface area contributed by atoms with E-state index in [1.54, 1.807) is 0 Å². The molecule has 2 aromatic rings. The van der Waals surface area contributed by atoms with Gasteiger partial charge >= 0.3 is 0 Å². The Bertz CT molecular complexity index is 531. The van der Waals surface area contributed by atoms with Crippen molar-refractivity contribution in [3.63, 3.8) is 0 Å². The molecule has 0 aliphatic rings. The van der Waals surface area contributed by atoms with Gasteiger partial charge in [0.1, 0.15) is 0 Å². The van der Waals surface area contributed by atoms with Gasteiger partial charge in [-0.05, 0) is 40.0 Å². The molecule has 2 rings (SSSR count). The molecule has 20 heavy (non-hydrogen) atoms. The van der Waals surface area contributed by atoms with Gasteiger partial charge in [-0.1, -0.05) is 18.2 Å². The normalized spacial score (nSPS) is 11.3. The first-order valence-corrected chi connectivity index (χ1v) is 7.13. The molecule has 0 aliphatic carbocycles. The lowest BCUT2D eigenvalue weighted by molar-refractivity contribution is 0.284. The van der Waals surface area contributed by atoms with Crippen molar-refractivity contribution >= 4 is 5.95 Å². The van der Waals surface area contributed by atoms with Gasteiger partial charge in [-0.25, -0.2) is 4.98 Å². The van der Waals surface area contributed by atoms with Crippen molar-refractivity contribution in [3.8, 4) is 5.69 Å². The molecule has 0 saturated carbocycles. The molecule has 0 spiro atoms. The third-order valence-corrected chi connectivity index (χ3v) is 3.49. The molecule has 0 atom stereocenters. The highest BCUT2D eigenvalue weighted by atomic mass is 15.2. The summed E-state index contributed by atoms with van der Waals surface area (Å²) in [7, 11) is 2.14. The van der Waals surface area contributed by atoms with Crippen LogP contribution >= 0.6 is 0 Å². The van der Waals surface area contributed by atoms with E-state index in [1.807, 2.05) is 25.1 Å². The molecule has 0 radical (unpaired) electrons. The van der Waals surface area contributed by atoms with Crippen LogP contribution in [0.1, 0.15) is 19.5 Å². The SMILES string of the molecule is Cc1cn(-c2ccccc2)c(NCCN(C)C(C)C)n1. The summed E-state index contributed by atoms with van der Waals surface area (Å²) in [5, 5.41) is 3.43. The number of imidazole rings is 1. The Labute approximate surface area is 121 Å². The molecule has 0 saturated heterocycles. The van der Waals surface area contributed by atoms with Gasteiger partial charge in [0.2, 0.25) is 5.95 Å². The highest BCUT2D eigenvalue weighted by molar-refractivity contribution is 5.42. The second-order valence-corrected chi connectivity index (χ2v) is 5.41. The number of para-hydroxylation sites is 1. The monoisotopic (exact) mass is 272 g/mol. The van der Waals surface area contributed by atoms with Crippen LogP contribution in [0.25, 0.3) is 5.69 Å². The highest BCUT2D eigenvalue weighted by Crippen LogP contribution is 2.16. The Hall–Kier alpha value is -1.81. The third kappa shape index (κ3) is 3.61. The fraction of sp³-hybridized carbons (Fsp3) is 0.438. The molecule has 0 amide bonds. The van der Waals surface area contributed by atoms with E-state index in [1.165, 1.54) is 0 Å². The molecule has 1 heterocycles. The van der Waals surface area contributed by atoms with E-state index in [4.69, 9.17) is 0 Å². The fourth-order valence-electron chi connectivity index (χ4n) is 2.01. The van der Waals surface area contributed by atoms with Crippen molar-refractivity contribution in [1.29, 1.82) is 0 Å². The van der Waals surface area contributed by atoms with E-state index in [-0.39, 0.29) is 0 Å². The lowest BCUT2D eigenvalue weighted by Crippen LogP contribution is -2.31. The van der Waals surface area contributed by atoms with E-state index >= 15 is 0 Å². The molecule has 0 aliphatic heterocycles. The molecule has 108 valence electrons. The number of aryl methyl sites for hydroxylation is 1. The van der Waals surface area contributed by atoms with Crippen LogP contribution in [-0.2, 0) is 0 Å². The summed E-state index contributed by atoms with van der Waals surface area (Å²) >= 11 is 0. The van der Waals surface area contributed by atoms with Gasteiger partial charge in [-0.3, -0.25) is 4.57 Å². The van der Waals surface area contributed by atoms with Crippen LogP contribution in [0.2, 0.25) is 0 Å². The Morgan fingerprint density at radius 1 is 1.25 bits per heavy atom. The highest BCUT2D eigenvalue weighted by Gasteiger charge is 2.08. The van der Waals surface area contributed by atoms with Gasteiger partial charge < -0.3 is 10.2 Å². The number of aromatic nitrogens is 2. The molecule has 1 aromatic carbocycles. The number of hydrogen-bond acceptors (Lipinski definition) is 3. The van der Waals surface area contributed by atoms with Crippen LogP contribution in [0.4, 0.5) is 5.95 Å². The lowest BCUT2D eigenvalue weighted by atomic mass is 10.3. The molecule has 1 aromatic heterocycles. The Balaban J connectivity index is 2.05. The number of hydrogen-bond donors (Lipinski definition) is 1. The summed E-state index contributed by atoms with van der Waals surface area (Å²) in [4.78, 5) is 6.88. The molecule has 0 unspecified atom stereocenters. The summed E-state index contributed by atoms with van der Waals surface area (Å²) in [6.45, 7) is 8.31. The van der Waals surface area contributed by atoms with Crippen LogP contribution < -0.4 is 5.32 Å². The molecular formula is C16H24N4. The maximum Gasteiger partial charge on any atom is 0.207 e. The standard InChI is InChI=1S/C16H24N4/c1-13(2)19(4)11-10-17-16-18-14(3)12-20(16)15-8-6-5-7-9-15/h5-9,12-13H,10-11H2,1-4H3,(H,17,18). The van der Waals surface area contributed by atoms with Crippen molar-refractivity contribution in [3.05, 3.63) is 42.2 Å². The first-order valence-electron chi connectivity index (χ1n) is 7.13. The first-order chi connectivity index (χ1) is 9.58. The predicted molar refractivity (Wildman–Crippen MR) is 84.6 cm³/mol. The van der Waals surface area contributed by atoms with Crippen LogP contribution in [0.3, 0.4) is 0 Å². The maximum atomic E-state index is 4.56. The molecule has 4 nitrogen and oxygen atoms in total. The third-order valence-electron chi connectivity index (χ3n) is 3.49. The van der Waals surface area contributed by atoms with Gasteiger partial charge in [-0.2, -0.15) is 0 Å². The van der Waals surface area contributed by atoms with Crippen molar-refractivity contribution in [2.24, 2.45) is 0 Å². The summed E-state index contributed by atoms with van der Waals surface area (Å²) in [5.41, 5.74) is 2.15. The van der Waals surface area contributed by atoms with Gasteiger partial charge in [0.05, 0.1) is 5.69 Å². The zero-order valence-corrected chi connectivity index (χ0v) is 12.8. The van der Waals surface area contributed by atoms with Crippen LogP contribution in [-0.4, -0.2) is 40.6 Å². The van der Waals surface area contributed by atoms with Gasteiger partial charge in [0.25, 0.3) is 0 Å². The van der Waals surface area contributed by atoms with E-state index in [9.17, 15) is 0 Å². The number of nitrogens with zero attached hydrogens (tertiary/aromatic N) is 3. The van der Waals surface area contributed by atoms with Crippen LogP contribution in [0.15, 0.2) is 36.5 Å². The second kappa shape index (κ2) is 6.57. The Morgan fingerprint density at radius 3 is 2.60 bits per heavy atom. The number of likely N-dealkylation sites (N-methyl/N-ethyl adjacent to an activating group) is 1. The zero-order valence-electron chi connectivity index (χ0n) is 12.8. The summed E-state index contributed by atoms with van der Waals surface area (Å²) in [6.07, 6.45) is 2.06. The van der Waals surface area contributed by atoms with E-state index < -0.39 is 0 Å². The molecule has 1 N–H and O–H groups in total. The largest absolute Gasteiger partial charge is 0.354 e. The topological polar surface area (TPSA) is 33.1 Å².